The van der Waals surface area contributed by atoms with E-state index < -0.39 is 0 Å². The number of benzene rings is 2. The minimum absolute atomic E-state index is 0.159. The van der Waals surface area contributed by atoms with Gasteiger partial charge in [0.2, 0.25) is 0 Å². The molecular formula is C23H30N2O4. The number of unbranched alkanes of at least 4 members (excludes halogenated alkanes) is 3. The Morgan fingerprint density at radius 2 is 1.72 bits per heavy atom. The fourth-order valence-electron chi connectivity index (χ4n) is 2.89. The summed E-state index contributed by atoms with van der Waals surface area (Å²) in [5, 5.41) is 5.46. The summed E-state index contributed by atoms with van der Waals surface area (Å²) in [6, 6.07) is 12.3. The molecule has 2 N–H and O–H groups in total. The highest BCUT2D eigenvalue weighted by Gasteiger charge is 2.12. The number of hydrogen-bond donors (Lipinski definition) is 2. The predicted octanol–water partition coefficient (Wildman–Crippen LogP) is 3.94. The van der Waals surface area contributed by atoms with Crippen LogP contribution in [0.5, 0.6) is 11.5 Å². The van der Waals surface area contributed by atoms with Crippen LogP contribution in [-0.2, 0) is 6.54 Å². The number of carbonyl (C=O) groups excluding carboxylic acids is 2. The Hall–Kier alpha value is -3.02. The van der Waals surface area contributed by atoms with Crippen molar-refractivity contribution in [3.63, 3.8) is 0 Å². The van der Waals surface area contributed by atoms with Crippen molar-refractivity contribution in [1.82, 2.24) is 10.6 Å². The lowest BCUT2D eigenvalue weighted by Crippen LogP contribution is -2.23. The molecule has 0 saturated carbocycles. The predicted molar refractivity (Wildman–Crippen MR) is 114 cm³/mol. The Bertz CT molecular complexity index is 820. The van der Waals surface area contributed by atoms with E-state index in [1.54, 1.807) is 50.6 Å². The molecule has 0 heterocycles. The van der Waals surface area contributed by atoms with Gasteiger partial charge < -0.3 is 20.1 Å². The number of amides is 2. The van der Waals surface area contributed by atoms with Gasteiger partial charge in [0.25, 0.3) is 11.8 Å². The maximum Gasteiger partial charge on any atom is 0.251 e. The van der Waals surface area contributed by atoms with Gasteiger partial charge in [-0.15, -0.1) is 0 Å². The van der Waals surface area contributed by atoms with Crippen LogP contribution in [0.1, 0.15) is 58.9 Å². The van der Waals surface area contributed by atoms with Crippen molar-refractivity contribution in [2.45, 2.75) is 39.2 Å². The molecule has 29 heavy (non-hydrogen) atoms. The smallest absolute Gasteiger partial charge is 0.251 e. The number of rotatable bonds is 11. The van der Waals surface area contributed by atoms with Crippen molar-refractivity contribution < 1.29 is 19.1 Å². The normalized spacial score (nSPS) is 10.3. The molecule has 0 atom stereocenters. The lowest BCUT2D eigenvalue weighted by atomic mass is 10.1. The number of ether oxygens (including phenoxy) is 2. The maximum atomic E-state index is 12.5. The van der Waals surface area contributed by atoms with Gasteiger partial charge in [-0.1, -0.05) is 38.3 Å². The van der Waals surface area contributed by atoms with Crippen molar-refractivity contribution in [1.29, 1.82) is 0 Å². The highest BCUT2D eigenvalue weighted by molar-refractivity contribution is 5.95. The molecule has 0 fully saturated rings. The van der Waals surface area contributed by atoms with Crippen molar-refractivity contribution in [2.75, 3.05) is 20.8 Å². The molecule has 2 amide bonds. The van der Waals surface area contributed by atoms with Gasteiger partial charge in [0.1, 0.15) is 0 Å². The second-order valence-electron chi connectivity index (χ2n) is 6.74. The molecule has 0 aliphatic heterocycles. The standard InChI is InChI=1S/C23H30N2O4/c1-4-5-6-7-13-29-20-12-11-19(15-21(20)28-3)23(27)25-16-17-9-8-10-18(14-17)22(26)24-2/h8-12,14-15H,4-7,13,16H2,1-3H3,(H,24,26)(H,25,27). The van der Waals surface area contributed by atoms with Gasteiger partial charge in [-0.2, -0.15) is 0 Å². The Morgan fingerprint density at radius 1 is 0.931 bits per heavy atom. The van der Waals surface area contributed by atoms with E-state index in [9.17, 15) is 9.59 Å². The van der Waals surface area contributed by atoms with Gasteiger partial charge in [-0.3, -0.25) is 9.59 Å². The van der Waals surface area contributed by atoms with Crippen LogP contribution in [0.2, 0.25) is 0 Å². The zero-order valence-electron chi connectivity index (χ0n) is 17.4. The van der Waals surface area contributed by atoms with E-state index in [2.05, 4.69) is 17.6 Å². The molecule has 0 spiro atoms. The maximum absolute atomic E-state index is 12.5. The van der Waals surface area contributed by atoms with Crippen LogP contribution in [0.15, 0.2) is 42.5 Å². The monoisotopic (exact) mass is 398 g/mol. The minimum atomic E-state index is -0.219. The zero-order chi connectivity index (χ0) is 21.1. The van der Waals surface area contributed by atoms with Crippen LogP contribution in [0.3, 0.4) is 0 Å². The van der Waals surface area contributed by atoms with Gasteiger partial charge in [0.05, 0.1) is 13.7 Å². The fourth-order valence-corrected chi connectivity index (χ4v) is 2.89. The van der Waals surface area contributed by atoms with Crippen LogP contribution >= 0.6 is 0 Å². The largest absolute Gasteiger partial charge is 0.493 e. The highest BCUT2D eigenvalue weighted by Crippen LogP contribution is 2.28. The van der Waals surface area contributed by atoms with E-state index in [-0.39, 0.29) is 11.8 Å². The first-order chi connectivity index (χ1) is 14.1. The molecule has 2 aromatic carbocycles. The fraction of sp³-hybridized carbons (Fsp3) is 0.391. The Kier molecular flexibility index (Phi) is 9.02. The van der Waals surface area contributed by atoms with E-state index >= 15 is 0 Å². The molecule has 6 heteroatoms. The molecule has 0 unspecified atom stereocenters. The van der Waals surface area contributed by atoms with Crippen LogP contribution in [-0.4, -0.2) is 32.6 Å². The third-order valence-electron chi connectivity index (χ3n) is 4.55. The first-order valence-electron chi connectivity index (χ1n) is 9.99. The van der Waals surface area contributed by atoms with Crippen molar-refractivity contribution in [3.05, 3.63) is 59.2 Å². The average Bonchev–Trinajstić information content (AvgIpc) is 2.77. The Morgan fingerprint density at radius 3 is 2.45 bits per heavy atom. The molecule has 0 radical (unpaired) electrons. The van der Waals surface area contributed by atoms with Crippen LogP contribution in [0.4, 0.5) is 0 Å². The lowest BCUT2D eigenvalue weighted by Gasteiger charge is -2.12. The first-order valence-corrected chi connectivity index (χ1v) is 9.99. The van der Waals surface area contributed by atoms with E-state index in [1.165, 1.54) is 12.8 Å². The summed E-state index contributed by atoms with van der Waals surface area (Å²) in [4.78, 5) is 24.2. The molecule has 156 valence electrons. The lowest BCUT2D eigenvalue weighted by molar-refractivity contribution is 0.0948. The zero-order valence-corrected chi connectivity index (χ0v) is 17.4. The molecule has 2 aromatic rings. The molecule has 0 aliphatic rings. The molecular weight excluding hydrogens is 368 g/mol. The summed E-state index contributed by atoms with van der Waals surface area (Å²) in [6.45, 7) is 3.12. The van der Waals surface area contributed by atoms with Gasteiger partial charge >= 0.3 is 0 Å². The quantitative estimate of drug-likeness (QED) is 0.562. The molecule has 0 aromatic heterocycles. The highest BCUT2D eigenvalue weighted by atomic mass is 16.5. The Balaban J connectivity index is 1.96. The van der Waals surface area contributed by atoms with Gasteiger partial charge in [-0.25, -0.2) is 0 Å². The Labute approximate surface area is 172 Å². The summed E-state index contributed by atoms with van der Waals surface area (Å²) in [5.74, 6) is 0.796. The van der Waals surface area contributed by atoms with E-state index in [0.29, 0.717) is 35.8 Å². The second kappa shape index (κ2) is 11.7. The summed E-state index contributed by atoms with van der Waals surface area (Å²) in [5.41, 5.74) is 1.89. The number of hydrogen-bond acceptors (Lipinski definition) is 4. The molecule has 0 saturated heterocycles. The van der Waals surface area contributed by atoms with Gasteiger partial charge in [0.15, 0.2) is 11.5 Å². The summed E-state index contributed by atoms with van der Waals surface area (Å²) < 4.78 is 11.2. The van der Waals surface area contributed by atoms with Crippen molar-refractivity contribution in [3.8, 4) is 11.5 Å². The molecule has 0 bridgehead atoms. The SMILES string of the molecule is CCCCCCOc1ccc(C(=O)NCc2cccc(C(=O)NC)c2)cc1OC. The van der Waals surface area contributed by atoms with Crippen molar-refractivity contribution >= 4 is 11.8 Å². The van der Waals surface area contributed by atoms with Crippen LogP contribution in [0, 0.1) is 0 Å². The van der Waals surface area contributed by atoms with Crippen LogP contribution in [0.25, 0.3) is 0 Å². The van der Waals surface area contributed by atoms with Gasteiger partial charge in [-0.05, 0) is 42.3 Å². The number of carbonyl (C=O) groups is 2. The van der Waals surface area contributed by atoms with Crippen molar-refractivity contribution in [2.24, 2.45) is 0 Å². The summed E-state index contributed by atoms with van der Waals surface area (Å²) in [7, 11) is 3.15. The minimum Gasteiger partial charge on any atom is -0.493 e. The van der Waals surface area contributed by atoms with Gasteiger partial charge in [0, 0.05) is 24.7 Å². The molecule has 6 nitrogen and oxygen atoms in total. The van der Waals surface area contributed by atoms with E-state index in [4.69, 9.17) is 9.47 Å². The number of nitrogens with one attached hydrogen (secondary N) is 2. The van der Waals surface area contributed by atoms with E-state index in [1.807, 2.05) is 6.07 Å². The number of methoxy groups -OCH3 is 1. The average molecular weight is 399 g/mol. The first kappa shape index (κ1) is 22.3. The summed E-state index contributed by atoms with van der Waals surface area (Å²) in [6.07, 6.45) is 4.52. The topological polar surface area (TPSA) is 76.7 Å². The molecule has 2 rings (SSSR count). The molecule has 0 aliphatic carbocycles. The third-order valence-corrected chi connectivity index (χ3v) is 4.55. The van der Waals surface area contributed by atoms with Crippen LogP contribution < -0.4 is 20.1 Å². The van der Waals surface area contributed by atoms with E-state index in [0.717, 1.165) is 18.4 Å². The summed E-state index contributed by atoms with van der Waals surface area (Å²) >= 11 is 0. The second-order valence-corrected chi connectivity index (χ2v) is 6.74. The third kappa shape index (κ3) is 6.82.